The minimum Gasteiger partial charge on any atom is -0.460 e. The molecular weight excluding hydrogens is 206 g/mol. The summed E-state index contributed by atoms with van der Waals surface area (Å²) < 4.78 is 5.19. The molecule has 1 rings (SSSR count). The third kappa shape index (κ3) is 3.19. The van der Waals surface area contributed by atoms with E-state index in [-0.39, 0.29) is 17.9 Å². The van der Waals surface area contributed by atoms with Gasteiger partial charge in [-0.05, 0) is 47.7 Å². The molecule has 0 aromatic carbocycles. The molecule has 0 saturated heterocycles. The number of hydrogen-bond acceptors (Lipinski definition) is 4. The second-order valence-electron chi connectivity index (χ2n) is 5.80. The van der Waals surface area contributed by atoms with Crippen LogP contribution in [0.4, 0.5) is 0 Å². The van der Waals surface area contributed by atoms with Gasteiger partial charge in [-0.25, -0.2) is 0 Å². The molecule has 0 aromatic heterocycles. The van der Waals surface area contributed by atoms with E-state index in [1.54, 1.807) is 0 Å². The molecule has 0 aliphatic heterocycles. The van der Waals surface area contributed by atoms with Crippen molar-refractivity contribution in [2.75, 3.05) is 14.1 Å². The zero-order valence-electron chi connectivity index (χ0n) is 10.9. The van der Waals surface area contributed by atoms with Crippen LogP contribution in [-0.4, -0.2) is 47.3 Å². The number of nitrogens with zero attached hydrogens (tertiary/aromatic N) is 1. The van der Waals surface area contributed by atoms with Crippen LogP contribution in [0.25, 0.3) is 0 Å². The van der Waals surface area contributed by atoms with E-state index in [0.29, 0.717) is 0 Å². The molecule has 1 aliphatic carbocycles. The van der Waals surface area contributed by atoms with Gasteiger partial charge >= 0.3 is 5.97 Å². The zero-order chi connectivity index (χ0) is 12.6. The number of ether oxygens (including phenoxy) is 1. The normalized spacial score (nSPS) is 20.7. The predicted octanol–water partition coefficient (Wildman–Crippen LogP) is 1.17. The molecule has 0 amide bonds. The maximum Gasteiger partial charge on any atom is 0.309 e. The second kappa shape index (κ2) is 4.34. The zero-order valence-corrected chi connectivity index (χ0v) is 10.9. The highest BCUT2D eigenvalue weighted by Gasteiger charge is 2.51. The lowest BCUT2D eigenvalue weighted by atomic mass is 10.0. The number of aliphatic hydroxyl groups is 1. The summed E-state index contributed by atoms with van der Waals surface area (Å²) in [6.07, 6.45) is 1.35. The highest BCUT2D eigenvalue weighted by atomic mass is 16.6. The van der Waals surface area contributed by atoms with Crippen LogP contribution in [0, 0.1) is 0 Å². The summed E-state index contributed by atoms with van der Waals surface area (Å²) in [5, 5.41) is 10.0. The van der Waals surface area contributed by atoms with E-state index in [2.05, 4.69) is 0 Å². The molecule has 1 aliphatic rings. The molecule has 1 atom stereocenters. The van der Waals surface area contributed by atoms with Crippen LogP contribution in [0.2, 0.25) is 0 Å². The topological polar surface area (TPSA) is 49.8 Å². The Morgan fingerprint density at radius 1 is 1.44 bits per heavy atom. The van der Waals surface area contributed by atoms with Gasteiger partial charge in [0.1, 0.15) is 5.60 Å². The fourth-order valence-electron chi connectivity index (χ4n) is 1.94. The standard InChI is InChI=1S/C12H23NO3/c1-11(2,3)16-10(15)8-9(14)12(6-7-12)13(4)5/h9,14H,6-8H2,1-5H3. The van der Waals surface area contributed by atoms with Crippen molar-refractivity contribution in [1.82, 2.24) is 4.90 Å². The van der Waals surface area contributed by atoms with Crippen molar-refractivity contribution in [1.29, 1.82) is 0 Å². The quantitative estimate of drug-likeness (QED) is 0.735. The Hall–Kier alpha value is -0.610. The van der Waals surface area contributed by atoms with Gasteiger partial charge in [0.2, 0.25) is 0 Å². The van der Waals surface area contributed by atoms with Crippen LogP contribution in [0.5, 0.6) is 0 Å². The van der Waals surface area contributed by atoms with Crippen LogP contribution in [0.3, 0.4) is 0 Å². The minimum absolute atomic E-state index is 0.0788. The third-order valence-corrected chi connectivity index (χ3v) is 3.05. The van der Waals surface area contributed by atoms with E-state index in [1.165, 1.54) is 0 Å². The Morgan fingerprint density at radius 2 is 1.94 bits per heavy atom. The Balaban J connectivity index is 2.46. The van der Waals surface area contributed by atoms with Crippen molar-refractivity contribution in [3.8, 4) is 0 Å². The molecule has 0 aromatic rings. The molecule has 4 nitrogen and oxygen atoms in total. The van der Waals surface area contributed by atoms with Gasteiger partial charge in [0.05, 0.1) is 12.5 Å². The lowest BCUT2D eigenvalue weighted by Crippen LogP contribution is -2.43. The van der Waals surface area contributed by atoms with Crippen LogP contribution in [-0.2, 0) is 9.53 Å². The average Bonchev–Trinajstić information content (AvgIpc) is 2.78. The van der Waals surface area contributed by atoms with E-state index in [9.17, 15) is 9.90 Å². The van der Waals surface area contributed by atoms with Gasteiger partial charge in [-0.15, -0.1) is 0 Å². The maximum absolute atomic E-state index is 11.6. The fourth-order valence-corrected chi connectivity index (χ4v) is 1.94. The lowest BCUT2D eigenvalue weighted by molar-refractivity contribution is -0.158. The molecule has 1 fully saturated rings. The summed E-state index contributed by atoms with van der Waals surface area (Å²) in [6.45, 7) is 5.49. The number of hydrogen-bond donors (Lipinski definition) is 1. The number of carbonyl (C=O) groups excluding carboxylic acids is 1. The van der Waals surface area contributed by atoms with E-state index < -0.39 is 11.7 Å². The van der Waals surface area contributed by atoms with Gasteiger partial charge in [0.25, 0.3) is 0 Å². The van der Waals surface area contributed by atoms with Gasteiger partial charge in [-0.1, -0.05) is 0 Å². The summed E-state index contributed by atoms with van der Waals surface area (Å²) in [6, 6.07) is 0. The fraction of sp³-hybridized carbons (Fsp3) is 0.917. The maximum atomic E-state index is 11.6. The molecule has 94 valence electrons. The molecule has 0 spiro atoms. The molecule has 0 heterocycles. The molecular formula is C12H23NO3. The first-order valence-electron chi connectivity index (χ1n) is 5.75. The highest BCUT2D eigenvalue weighted by Crippen LogP contribution is 2.44. The monoisotopic (exact) mass is 229 g/mol. The smallest absolute Gasteiger partial charge is 0.309 e. The molecule has 1 saturated carbocycles. The van der Waals surface area contributed by atoms with E-state index in [4.69, 9.17) is 4.74 Å². The molecule has 16 heavy (non-hydrogen) atoms. The van der Waals surface area contributed by atoms with Crippen molar-refractivity contribution in [2.45, 2.75) is 57.3 Å². The summed E-state index contributed by atoms with van der Waals surface area (Å²) >= 11 is 0. The molecule has 1 N–H and O–H groups in total. The average molecular weight is 229 g/mol. The Labute approximate surface area is 97.6 Å². The number of carbonyl (C=O) groups is 1. The SMILES string of the molecule is CN(C)C1(C(O)CC(=O)OC(C)(C)C)CC1. The summed E-state index contributed by atoms with van der Waals surface area (Å²) in [7, 11) is 3.87. The van der Waals surface area contributed by atoms with Gasteiger partial charge < -0.3 is 14.7 Å². The first-order valence-corrected chi connectivity index (χ1v) is 5.75. The molecule has 1 unspecified atom stereocenters. The largest absolute Gasteiger partial charge is 0.460 e. The number of likely N-dealkylation sites (N-methyl/N-ethyl adjacent to an activating group) is 1. The minimum atomic E-state index is -0.627. The third-order valence-electron chi connectivity index (χ3n) is 3.05. The second-order valence-corrected chi connectivity index (χ2v) is 5.80. The van der Waals surface area contributed by atoms with Gasteiger partial charge in [-0.3, -0.25) is 4.79 Å². The Morgan fingerprint density at radius 3 is 2.25 bits per heavy atom. The van der Waals surface area contributed by atoms with E-state index in [0.717, 1.165) is 12.8 Å². The van der Waals surface area contributed by atoms with Crippen LogP contribution in [0.15, 0.2) is 0 Å². The first kappa shape index (κ1) is 13.5. The lowest BCUT2D eigenvalue weighted by Gasteiger charge is -2.29. The van der Waals surface area contributed by atoms with Crippen molar-refractivity contribution < 1.29 is 14.6 Å². The Bertz CT molecular complexity index is 264. The van der Waals surface area contributed by atoms with Crippen molar-refractivity contribution in [3.05, 3.63) is 0 Å². The molecule has 4 heteroatoms. The van der Waals surface area contributed by atoms with Gasteiger partial charge in [-0.2, -0.15) is 0 Å². The number of rotatable bonds is 4. The number of esters is 1. The highest BCUT2D eigenvalue weighted by molar-refractivity contribution is 5.70. The Kier molecular flexibility index (Phi) is 3.65. The van der Waals surface area contributed by atoms with Crippen LogP contribution in [0.1, 0.15) is 40.0 Å². The van der Waals surface area contributed by atoms with Crippen molar-refractivity contribution >= 4 is 5.97 Å². The summed E-state index contributed by atoms with van der Waals surface area (Å²) in [5.41, 5.74) is -0.678. The molecule has 0 bridgehead atoms. The summed E-state index contributed by atoms with van der Waals surface area (Å²) in [4.78, 5) is 13.6. The first-order chi connectivity index (χ1) is 7.17. The summed E-state index contributed by atoms with van der Waals surface area (Å²) in [5.74, 6) is -0.326. The van der Waals surface area contributed by atoms with Crippen LogP contribution >= 0.6 is 0 Å². The van der Waals surface area contributed by atoms with E-state index in [1.807, 2.05) is 39.8 Å². The van der Waals surface area contributed by atoms with Crippen molar-refractivity contribution in [3.63, 3.8) is 0 Å². The molecule has 0 radical (unpaired) electrons. The predicted molar refractivity (Wildman–Crippen MR) is 62.1 cm³/mol. The van der Waals surface area contributed by atoms with Gasteiger partial charge in [0.15, 0.2) is 0 Å². The van der Waals surface area contributed by atoms with Crippen molar-refractivity contribution in [2.24, 2.45) is 0 Å². The van der Waals surface area contributed by atoms with E-state index >= 15 is 0 Å². The van der Waals surface area contributed by atoms with Crippen LogP contribution < -0.4 is 0 Å². The number of aliphatic hydroxyl groups excluding tert-OH is 1. The van der Waals surface area contributed by atoms with Gasteiger partial charge in [0, 0.05) is 5.54 Å².